The van der Waals surface area contributed by atoms with Crippen LogP contribution in [0.4, 0.5) is 0 Å². The van der Waals surface area contributed by atoms with Gasteiger partial charge in [-0.3, -0.25) is 0 Å². The van der Waals surface area contributed by atoms with Gasteiger partial charge in [0.1, 0.15) is 24.4 Å². The average molecular weight is 681 g/mol. The van der Waals surface area contributed by atoms with Crippen LogP contribution < -0.4 is 0 Å². The lowest BCUT2D eigenvalue weighted by molar-refractivity contribution is -0.339. The molecule has 0 bridgehead atoms. The van der Waals surface area contributed by atoms with Gasteiger partial charge >= 0.3 is 0 Å². The molecule has 7 nitrogen and oxygen atoms in total. The van der Waals surface area contributed by atoms with Crippen LogP contribution in [0.5, 0.6) is 0 Å². The van der Waals surface area contributed by atoms with Crippen LogP contribution in [0.3, 0.4) is 0 Å². The monoisotopic (exact) mass is 680 g/mol. The minimum Gasteiger partial charge on any atom is -0.393 e. The van der Waals surface area contributed by atoms with E-state index in [1.54, 1.807) is 0 Å². The second kappa shape index (κ2) is 18.7. The fourth-order valence-electron chi connectivity index (χ4n) is 7.08. The number of hydrogen-bond acceptors (Lipinski definition) is 7. The van der Waals surface area contributed by atoms with E-state index >= 15 is 0 Å². The molecule has 8 atom stereocenters. The molecular weight excluding hydrogens is 628 g/mol. The van der Waals surface area contributed by atoms with Crippen LogP contribution in [-0.2, 0) is 54.8 Å². The van der Waals surface area contributed by atoms with E-state index in [0.717, 1.165) is 35.1 Å². The van der Waals surface area contributed by atoms with Crippen molar-refractivity contribution in [3.63, 3.8) is 0 Å². The summed E-state index contributed by atoms with van der Waals surface area (Å²) in [6.07, 6.45) is -1.32. The predicted octanol–water partition coefficient (Wildman–Crippen LogP) is 7.89. The summed E-state index contributed by atoms with van der Waals surface area (Å²) < 4.78 is 40.4. The molecule has 0 aromatic heterocycles. The maximum atomic E-state index is 11.1. The largest absolute Gasteiger partial charge is 0.393 e. The molecule has 4 unspecified atom stereocenters. The summed E-state index contributed by atoms with van der Waals surface area (Å²) >= 11 is 0. The Morgan fingerprint density at radius 2 is 1.06 bits per heavy atom. The molecule has 0 spiro atoms. The third-order valence-electron chi connectivity index (χ3n) is 9.84. The van der Waals surface area contributed by atoms with Gasteiger partial charge in [0.2, 0.25) is 0 Å². The van der Waals surface area contributed by atoms with E-state index in [1.165, 1.54) is 0 Å². The molecule has 1 aliphatic heterocycles. The van der Waals surface area contributed by atoms with Crippen molar-refractivity contribution in [2.75, 3.05) is 6.61 Å². The molecule has 1 N–H and O–H groups in total. The molecule has 4 aromatic carbocycles. The molecule has 1 saturated carbocycles. The fraction of sp³-hybridized carbons (Fsp3) is 0.442. The average Bonchev–Trinajstić information content (AvgIpc) is 3.14. The van der Waals surface area contributed by atoms with Crippen LogP contribution in [0.2, 0.25) is 0 Å². The van der Waals surface area contributed by atoms with Crippen LogP contribution in [0.15, 0.2) is 121 Å². The van der Waals surface area contributed by atoms with Gasteiger partial charge in [0.05, 0.1) is 45.2 Å². The summed E-state index contributed by atoms with van der Waals surface area (Å²) in [6.45, 7) is 6.15. The Hall–Kier alpha value is -3.40. The van der Waals surface area contributed by atoms with Gasteiger partial charge in [-0.05, 0) is 53.4 Å². The zero-order valence-electron chi connectivity index (χ0n) is 29.3. The number of ether oxygens (including phenoxy) is 6. The number of aliphatic hydroxyl groups excluding tert-OH is 1. The molecular formula is C43H52O7. The molecule has 1 saturated heterocycles. The van der Waals surface area contributed by atoms with Crippen molar-refractivity contribution in [1.29, 1.82) is 0 Å². The number of rotatable bonds is 16. The van der Waals surface area contributed by atoms with Crippen LogP contribution in [-0.4, -0.2) is 54.6 Å². The van der Waals surface area contributed by atoms with Crippen molar-refractivity contribution >= 4 is 0 Å². The lowest BCUT2D eigenvalue weighted by Gasteiger charge is -2.47. The molecule has 266 valence electrons. The Balaban J connectivity index is 1.29. The van der Waals surface area contributed by atoms with Gasteiger partial charge < -0.3 is 33.5 Å². The molecule has 0 radical (unpaired) electrons. The Morgan fingerprint density at radius 1 is 0.600 bits per heavy atom. The Kier molecular flexibility index (Phi) is 13.6. The van der Waals surface area contributed by atoms with Crippen LogP contribution >= 0.6 is 0 Å². The lowest BCUT2D eigenvalue weighted by atomic mass is 9.78. The van der Waals surface area contributed by atoms with E-state index in [0.29, 0.717) is 38.8 Å². The van der Waals surface area contributed by atoms with Crippen molar-refractivity contribution in [3.8, 4) is 0 Å². The smallest absolute Gasteiger partial charge is 0.187 e. The normalized spacial score (nSPS) is 27.0. The van der Waals surface area contributed by atoms with E-state index < -0.39 is 36.8 Å². The maximum absolute atomic E-state index is 11.1. The summed E-state index contributed by atoms with van der Waals surface area (Å²) in [6, 6.07) is 40.5. The van der Waals surface area contributed by atoms with E-state index in [1.807, 2.05) is 84.9 Å². The summed E-state index contributed by atoms with van der Waals surface area (Å²) in [5, 5.41) is 11.1. The number of benzene rings is 4. The van der Waals surface area contributed by atoms with Gasteiger partial charge in [-0.1, -0.05) is 135 Å². The first-order valence-corrected chi connectivity index (χ1v) is 18.1. The Bertz CT molecular complexity index is 1500. The van der Waals surface area contributed by atoms with Crippen molar-refractivity contribution in [3.05, 3.63) is 144 Å². The highest BCUT2D eigenvalue weighted by Gasteiger charge is 2.50. The van der Waals surface area contributed by atoms with Crippen LogP contribution in [0.1, 0.15) is 55.4 Å². The van der Waals surface area contributed by atoms with Gasteiger partial charge in [-0.15, -0.1) is 0 Å². The zero-order valence-corrected chi connectivity index (χ0v) is 29.3. The molecule has 6 rings (SSSR count). The van der Waals surface area contributed by atoms with Crippen molar-refractivity contribution in [2.24, 2.45) is 11.8 Å². The first-order valence-electron chi connectivity index (χ1n) is 18.1. The van der Waals surface area contributed by atoms with Gasteiger partial charge in [0.25, 0.3) is 0 Å². The van der Waals surface area contributed by atoms with Crippen LogP contribution in [0, 0.1) is 11.8 Å². The minimum absolute atomic E-state index is 0.185. The molecule has 0 amide bonds. The number of hydrogen-bond donors (Lipinski definition) is 1. The summed E-state index contributed by atoms with van der Waals surface area (Å²) in [7, 11) is 0. The molecule has 2 aliphatic rings. The second-order valence-corrected chi connectivity index (χ2v) is 13.9. The van der Waals surface area contributed by atoms with Gasteiger partial charge in [0, 0.05) is 0 Å². The van der Waals surface area contributed by atoms with E-state index in [9.17, 15) is 5.11 Å². The maximum Gasteiger partial charge on any atom is 0.187 e. The van der Waals surface area contributed by atoms with Gasteiger partial charge in [0.15, 0.2) is 6.29 Å². The second-order valence-electron chi connectivity index (χ2n) is 13.9. The number of aliphatic hydroxyl groups is 1. The molecule has 50 heavy (non-hydrogen) atoms. The van der Waals surface area contributed by atoms with Crippen molar-refractivity contribution in [2.45, 2.75) is 102 Å². The summed E-state index contributed by atoms with van der Waals surface area (Å²) in [5.41, 5.74) is 4.21. The highest BCUT2D eigenvalue weighted by atomic mass is 16.7. The van der Waals surface area contributed by atoms with E-state index in [-0.39, 0.29) is 18.6 Å². The van der Waals surface area contributed by atoms with Crippen LogP contribution in [0.25, 0.3) is 0 Å². The molecule has 4 aromatic rings. The van der Waals surface area contributed by atoms with E-state index in [2.05, 4.69) is 50.2 Å². The van der Waals surface area contributed by atoms with Gasteiger partial charge in [-0.25, -0.2) is 0 Å². The highest BCUT2D eigenvalue weighted by molar-refractivity contribution is 5.16. The van der Waals surface area contributed by atoms with E-state index in [4.69, 9.17) is 28.4 Å². The molecule has 7 heteroatoms. The topological polar surface area (TPSA) is 75.6 Å². The first-order chi connectivity index (χ1) is 24.5. The SMILES string of the molecule is CC(C)[C@H]1CCC(O[C@@H]2OC(COCc3ccccc3)[C@H](OCc3ccccc3)C(OCc3ccccc3)C2OCc2ccccc2)C[C@@H]1O. The Morgan fingerprint density at radius 3 is 1.54 bits per heavy atom. The molecule has 2 fully saturated rings. The van der Waals surface area contributed by atoms with Crippen molar-refractivity contribution in [1.82, 2.24) is 0 Å². The molecule has 1 aliphatic carbocycles. The summed E-state index contributed by atoms with van der Waals surface area (Å²) in [5.74, 6) is 0.660. The minimum atomic E-state index is -0.769. The third kappa shape index (κ3) is 10.3. The highest BCUT2D eigenvalue weighted by Crippen LogP contribution is 2.36. The molecule has 1 heterocycles. The quantitative estimate of drug-likeness (QED) is 0.129. The summed E-state index contributed by atoms with van der Waals surface area (Å²) in [4.78, 5) is 0. The first kappa shape index (κ1) is 36.4. The lowest BCUT2D eigenvalue weighted by Crippen LogP contribution is -2.62. The van der Waals surface area contributed by atoms with Gasteiger partial charge in [-0.2, -0.15) is 0 Å². The standard InChI is InChI=1S/C43H52O7/c1-31(2)37-24-23-36(25-38(37)44)49-43-42(48-29-35-21-13-6-14-22-35)41(47-28-34-19-11-5-12-20-34)40(46-27-33-17-9-4-10-18-33)39(50-43)30-45-26-32-15-7-3-8-16-32/h3-22,31,36-44H,23-30H2,1-2H3/t36?,37-,38+,39?,40+,41?,42?,43-/m1/s1. The fourth-order valence-corrected chi connectivity index (χ4v) is 7.08. The third-order valence-corrected chi connectivity index (χ3v) is 9.84. The zero-order chi connectivity index (χ0) is 34.5. The predicted molar refractivity (Wildman–Crippen MR) is 193 cm³/mol. The van der Waals surface area contributed by atoms with Crippen molar-refractivity contribution < 1.29 is 33.5 Å². The Labute approximate surface area is 297 Å².